The molecule has 106 valence electrons. The smallest absolute Gasteiger partial charge is 0.180 e. The average molecular weight is 310 g/mol. The lowest BCUT2D eigenvalue weighted by molar-refractivity contribution is 0.295. The molecule has 0 aliphatic carbocycles. The monoisotopic (exact) mass is 310 g/mol. The molecule has 2 aromatic heterocycles. The minimum absolute atomic E-state index is 0.696. The summed E-state index contributed by atoms with van der Waals surface area (Å²) in [4.78, 5) is 2.16. The van der Waals surface area contributed by atoms with Crippen molar-refractivity contribution in [3.05, 3.63) is 10.8 Å². The van der Waals surface area contributed by atoms with Gasteiger partial charge in [-0.1, -0.05) is 0 Å². The highest BCUT2D eigenvalue weighted by molar-refractivity contribution is 7.21. The first-order valence-electron chi connectivity index (χ1n) is 6.68. The Morgan fingerprint density at radius 3 is 1.60 bits per heavy atom. The van der Waals surface area contributed by atoms with Gasteiger partial charge in [-0.3, -0.25) is 0 Å². The van der Waals surface area contributed by atoms with Crippen molar-refractivity contribution in [2.45, 2.75) is 12.8 Å². The molecular weight excluding hydrogens is 296 g/mol. The molecule has 0 atom stereocenters. The molecule has 20 heavy (non-hydrogen) atoms. The molecule has 0 unspecified atom stereocenters. The third-order valence-corrected chi connectivity index (χ3v) is 5.26. The highest BCUT2D eigenvalue weighted by atomic mass is 32.1. The maximum atomic E-state index is 5.86. The molecule has 4 rings (SSSR count). The van der Waals surface area contributed by atoms with E-state index >= 15 is 0 Å². The second kappa shape index (κ2) is 5.18. The van der Waals surface area contributed by atoms with Gasteiger partial charge in [-0.2, -0.15) is 0 Å². The highest BCUT2D eigenvalue weighted by Gasteiger charge is 2.25. The van der Waals surface area contributed by atoms with E-state index < -0.39 is 0 Å². The van der Waals surface area contributed by atoms with Gasteiger partial charge in [-0.05, 0) is 0 Å². The van der Waals surface area contributed by atoms with Gasteiger partial charge in [-0.15, -0.1) is 22.7 Å². The Labute approximate surface area is 124 Å². The van der Waals surface area contributed by atoms with Gasteiger partial charge >= 0.3 is 0 Å². The first-order chi connectivity index (χ1) is 9.93. The summed E-state index contributed by atoms with van der Waals surface area (Å²) in [6.45, 7) is 2.82. The highest BCUT2D eigenvalue weighted by Crippen LogP contribution is 2.53. The molecule has 0 saturated heterocycles. The molecule has 0 radical (unpaired) electrons. The number of rotatable bonds is 1. The summed E-state index contributed by atoms with van der Waals surface area (Å²) in [7, 11) is 0. The Kier molecular flexibility index (Phi) is 3.20. The summed E-state index contributed by atoms with van der Waals surface area (Å²) in [5.74, 6) is 3.40. The van der Waals surface area contributed by atoms with Crippen LogP contribution >= 0.6 is 22.7 Å². The SMILES string of the molecule is c1sc(-c2scc3c2OCCCO3)c2c1OCCCO2. The molecule has 2 aliphatic heterocycles. The summed E-state index contributed by atoms with van der Waals surface area (Å²) in [5, 5.41) is 4.03. The molecule has 0 fully saturated rings. The lowest BCUT2D eigenvalue weighted by Gasteiger charge is -2.07. The van der Waals surface area contributed by atoms with Gasteiger partial charge < -0.3 is 18.9 Å². The van der Waals surface area contributed by atoms with E-state index in [4.69, 9.17) is 18.9 Å². The second-order valence-corrected chi connectivity index (χ2v) is 6.38. The zero-order chi connectivity index (χ0) is 13.4. The maximum absolute atomic E-state index is 5.86. The van der Waals surface area contributed by atoms with E-state index in [1.54, 1.807) is 22.7 Å². The zero-order valence-corrected chi connectivity index (χ0v) is 12.5. The average Bonchev–Trinajstić information content (AvgIpc) is 2.85. The Morgan fingerprint density at radius 2 is 1.10 bits per heavy atom. The quantitative estimate of drug-likeness (QED) is 0.803. The van der Waals surface area contributed by atoms with Crippen molar-refractivity contribution >= 4 is 22.7 Å². The van der Waals surface area contributed by atoms with Crippen LogP contribution in [-0.2, 0) is 0 Å². The van der Waals surface area contributed by atoms with Gasteiger partial charge in [0, 0.05) is 23.6 Å². The van der Waals surface area contributed by atoms with Crippen molar-refractivity contribution in [3.63, 3.8) is 0 Å². The van der Waals surface area contributed by atoms with Crippen LogP contribution in [0, 0.1) is 0 Å². The minimum atomic E-state index is 0.696. The van der Waals surface area contributed by atoms with Crippen LogP contribution in [0.3, 0.4) is 0 Å². The Balaban J connectivity index is 1.78. The van der Waals surface area contributed by atoms with E-state index in [0.717, 1.165) is 45.6 Å². The standard InChI is InChI=1S/C14H14O4S2/c1-3-15-9-7-19-13(11(9)17-5-1)14-12-10(8-20-14)16-4-2-6-18-12/h7-8H,1-6H2. The van der Waals surface area contributed by atoms with Crippen LogP contribution in [0.4, 0.5) is 0 Å². The molecule has 6 heteroatoms. The van der Waals surface area contributed by atoms with Crippen molar-refractivity contribution in [3.8, 4) is 32.8 Å². The number of fused-ring (bicyclic) bond motifs is 2. The lowest BCUT2D eigenvalue weighted by atomic mass is 10.3. The fraction of sp³-hybridized carbons (Fsp3) is 0.429. The number of hydrogen-bond acceptors (Lipinski definition) is 6. The molecule has 0 bridgehead atoms. The van der Waals surface area contributed by atoms with E-state index in [9.17, 15) is 0 Å². The third-order valence-electron chi connectivity index (χ3n) is 3.22. The topological polar surface area (TPSA) is 36.9 Å². The van der Waals surface area contributed by atoms with Gasteiger partial charge in [0.05, 0.1) is 36.2 Å². The summed E-state index contributed by atoms with van der Waals surface area (Å²) < 4.78 is 23.2. The van der Waals surface area contributed by atoms with Gasteiger partial charge in [0.2, 0.25) is 0 Å². The summed E-state index contributed by atoms with van der Waals surface area (Å²) >= 11 is 3.27. The molecular formula is C14H14O4S2. The van der Waals surface area contributed by atoms with E-state index in [1.165, 1.54) is 0 Å². The third kappa shape index (κ3) is 2.03. The molecule has 0 amide bonds. The lowest BCUT2D eigenvalue weighted by Crippen LogP contribution is -1.98. The fourth-order valence-electron chi connectivity index (χ4n) is 2.28. The van der Waals surface area contributed by atoms with Gasteiger partial charge in [-0.25, -0.2) is 0 Å². The molecule has 0 aromatic carbocycles. The van der Waals surface area contributed by atoms with E-state index in [2.05, 4.69) is 0 Å². The van der Waals surface area contributed by atoms with Crippen LogP contribution < -0.4 is 18.9 Å². The molecule has 4 heterocycles. The van der Waals surface area contributed by atoms with Crippen LogP contribution in [0.25, 0.3) is 9.75 Å². The Hall–Kier alpha value is -1.40. The molecule has 0 spiro atoms. The van der Waals surface area contributed by atoms with Crippen LogP contribution in [0.2, 0.25) is 0 Å². The van der Waals surface area contributed by atoms with Crippen molar-refractivity contribution in [2.24, 2.45) is 0 Å². The summed E-state index contributed by atoms with van der Waals surface area (Å²) in [6, 6.07) is 0. The predicted octanol–water partition coefficient (Wildman–Crippen LogP) is 3.80. The Morgan fingerprint density at radius 1 is 0.650 bits per heavy atom. The van der Waals surface area contributed by atoms with Gasteiger partial charge in [0.15, 0.2) is 23.0 Å². The number of thiophene rings is 2. The Bertz CT molecular complexity index is 562. The molecule has 2 aromatic rings. The van der Waals surface area contributed by atoms with Crippen LogP contribution in [0.5, 0.6) is 23.0 Å². The summed E-state index contributed by atoms with van der Waals surface area (Å²) in [6.07, 6.45) is 1.84. The first-order valence-corrected chi connectivity index (χ1v) is 8.44. The van der Waals surface area contributed by atoms with E-state index in [1.807, 2.05) is 10.8 Å². The van der Waals surface area contributed by atoms with E-state index in [0.29, 0.717) is 26.4 Å². The van der Waals surface area contributed by atoms with Crippen molar-refractivity contribution in [1.82, 2.24) is 0 Å². The van der Waals surface area contributed by atoms with Gasteiger partial charge in [0.25, 0.3) is 0 Å². The number of hydrogen-bond donors (Lipinski definition) is 0. The maximum Gasteiger partial charge on any atom is 0.180 e. The fourth-order valence-corrected chi connectivity index (χ4v) is 4.30. The van der Waals surface area contributed by atoms with Crippen molar-refractivity contribution in [2.75, 3.05) is 26.4 Å². The van der Waals surface area contributed by atoms with Crippen LogP contribution in [0.15, 0.2) is 10.8 Å². The predicted molar refractivity (Wildman–Crippen MR) is 78.8 cm³/mol. The molecule has 4 nitrogen and oxygen atoms in total. The first kappa shape index (κ1) is 12.3. The zero-order valence-electron chi connectivity index (χ0n) is 10.8. The largest absolute Gasteiger partial charge is 0.489 e. The van der Waals surface area contributed by atoms with Crippen molar-refractivity contribution < 1.29 is 18.9 Å². The van der Waals surface area contributed by atoms with Crippen LogP contribution in [-0.4, -0.2) is 26.4 Å². The second-order valence-electron chi connectivity index (χ2n) is 4.62. The van der Waals surface area contributed by atoms with Crippen molar-refractivity contribution in [1.29, 1.82) is 0 Å². The molecule has 0 N–H and O–H groups in total. The molecule has 2 aliphatic rings. The normalized spacial score (nSPS) is 17.4. The summed E-state index contributed by atoms with van der Waals surface area (Å²) in [5.41, 5.74) is 0. The van der Waals surface area contributed by atoms with Crippen LogP contribution in [0.1, 0.15) is 12.8 Å². The minimum Gasteiger partial charge on any atom is -0.489 e. The van der Waals surface area contributed by atoms with Gasteiger partial charge in [0.1, 0.15) is 0 Å². The molecule has 0 saturated carbocycles. The van der Waals surface area contributed by atoms with E-state index in [-0.39, 0.29) is 0 Å². The number of ether oxygens (including phenoxy) is 4.